The van der Waals surface area contributed by atoms with Gasteiger partial charge >= 0.3 is 6.18 Å². The van der Waals surface area contributed by atoms with Crippen LogP contribution in [0.25, 0.3) is 10.9 Å². The molecule has 3 atom stereocenters. The topological polar surface area (TPSA) is 56.9 Å². The van der Waals surface area contributed by atoms with Gasteiger partial charge in [0.05, 0.1) is 16.7 Å². The highest BCUT2D eigenvalue weighted by Gasteiger charge is 2.32. The van der Waals surface area contributed by atoms with Crippen LogP contribution in [0.4, 0.5) is 13.2 Å². The minimum Gasteiger partial charge on any atom is -0.339 e. The van der Waals surface area contributed by atoms with Crippen molar-refractivity contribution in [2.24, 2.45) is 11.8 Å². The summed E-state index contributed by atoms with van der Waals surface area (Å²) in [5.41, 5.74) is 1.42. The normalized spacial score (nSPS) is 20.9. The van der Waals surface area contributed by atoms with Crippen LogP contribution in [0.2, 0.25) is 0 Å². The van der Waals surface area contributed by atoms with Gasteiger partial charge in [-0.25, -0.2) is 4.98 Å². The lowest BCUT2D eigenvalue weighted by molar-refractivity contribution is -0.141. The molecular weight excluding hydrogens is 475 g/mol. The number of Topliss-reactive ketones (excluding diaryl/α,β-unsaturated/α-hetero) is 1. The number of benzene rings is 1. The first kappa shape index (κ1) is 25.5. The number of halogens is 3. The number of carbonyl (C=O) groups is 1. The van der Waals surface area contributed by atoms with Crippen LogP contribution < -0.4 is 5.56 Å². The number of carbonyl (C=O) groups excluding carboxylic acids is 1. The van der Waals surface area contributed by atoms with E-state index in [0.717, 1.165) is 23.8 Å². The zero-order valence-electron chi connectivity index (χ0n) is 20.4. The van der Waals surface area contributed by atoms with Crippen LogP contribution in [0.1, 0.15) is 60.9 Å². The van der Waals surface area contributed by atoms with Crippen molar-refractivity contribution in [2.75, 3.05) is 5.75 Å². The van der Waals surface area contributed by atoms with E-state index in [1.165, 1.54) is 24.8 Å². The molecule has 1 aliphatic rings. The molecule has 0 N–H and O–H groups in total. The number of ketones is 1. The second-order valence-corrected chi connectivity index (χ2v) is 10.6. The summed E-state index contributed by atoms with van der Waals surface area (Å²) in [5, 5.41) is 1.03. The van der Waals surface area contributed by atoms with Crippen LogP contribution in [0.5, 0.6) is 0 Å². The van der Waals surface area contributed by atoms with Crippen molar-refractivity contribution in [1.82, 2.24) is 14.1 Å². The van der Waals surface area contributed by atoms with E-state index in [1.807, 2.05) is 12.1 Å². The van der Waals surface area contributed by atoms with Crippen molar-refractivity contribution in [3.63, 3.8) is 0 Å². The third kappa shape index (κ3) is 5.20. The maximum absolute atomic E-state index is 13.6. The van der Waals surface area contributed by atoms with Gasteiger partial charge in [-0.3, -0.25) is 14.2 Å². The number of hydrogen-bond donors (Lipinski definition) is 0. The number of alkyl halides is 3. The Balaban J connectivity index is 1.67. The number of aromatic nitrogens is 3. The minimum absolute atomic E-state index is 0.0159. The molecule has 0 spiro atoms. The molecule has 0 bridgehead atoms. The van der Waals surface area contributed by atoms with E-state index < -0.39 is 12.7 Å². The third-order valence-electron chi connectivity index (χ3n) is 7.31. The maximum atomic E-state index is 13.6. The molecule has 2 heterocycles. The van der Waals surface area contributed by atoms with Gasteiger partial charge in [0.25, 0.3) is 5.56 Å². The van der Waals surface area contributed by atoms with Gasteiger partial charge in [0.2, 0.25) is 0 Å². The van der Waals surface area contributed by atoms with E-state index in [9.17, 15) is 22.8 Å². The van der Waals surface area contributed by atoms with Crippen molar-refractivity contribution in [1.29, 1.82) is 0 Å². The van der Waals surface area contributed by atoms with Crippen molar-refractivity contribution in [2.45, 2.75) is 70.9 Å². The molecule has 0 saturated heterocycles. The highest BCUT2D eigenvalue weighted by molar-refractivity contribution is 7.99. The highest BCUT2D eigenvalue weighted by Crippen LogP contribution is 2.39. The van der Waals surface area contributed by atoms with Crippen molar-refractivity contribution in [3.8, 4) is 0 Å². The Bertz CT molecular complexity index is 1310. The molecule has 1 fully saturated rings. The summed E-state index contributed by atoms with van der Waals surface area (Å²) in [7, 11) is 0. The molecule has 9 heteroatoms. The molecule has 2 aromatic heterocycles. The second-order valence-electron chi connectivity index (χ2n) is 9.62. The predicted octanol–water partition coefficient (Wildman–Crippen LogP) is 6.35. The quantitative estimate of drug-likeness (QED) is 0.223. The van der Waals surface area contributed by atoms with Gasteiger partial charge < -0.3 is 4.57 Å². The van der Waals surface area contributed by atoms with Gasteiger partial charge in [0.15, 0.2) is 10.9 Å². The fraction of sp³-hybridized carbons (Fsp3) is 0.500. The number of hydrogen-bond acceptors (Lipinski definition) is 4. The average molecular weight is 506 g/mol. The molecule has 1 aliphatic carbocycles. The molecular formula is C26H30F3N3O2S. The zero-order chi connectivity index (χ0) is 25.5. The third-order valence-corrected chi connectivity index (χ3v) is 8.27. The highest BCUT2D eigenvalue weighted by atomic mass is 32.2. The first-order valence-electron chi connectivity index (χ1n) is 11.9. The monoisotopic (exact) mass is 505 g/mol. The summed E-state index contributed by atoms with van der Waals surface area (Å²) in [5.74, 6) is 0.444. The molecule has 0 aliphatic heterocycles. The lowest BCUT2D eigenvalue weighted by Crippen LogP contribution is -2.35. The second kappa shape index (κ2) is 9.84. The molecule has 0 radical (unpaired) electrons. The molecule has 1 aromatic carbocycles. The minimum atomic E-state index is -4.37. The van der Waals surface area contributed by atoms with Gasteiger partial charge in [-0.05, 0) is 50.3 Å². The zero-order valence-corrected chi connectivity index (χ0v) is 21.2. The Morgan fingerprint density at radius 3 is 2.60 bits per heavy atom. The average Bonchev–Trinajstić information content (AvgIpc) is 3.07. The fourth-order valence-electron chi connectivity index (χ4n) is 5.15. The van der Waals surface area contributed by atoms with Gasteiger partial charge in [-0.2, -0.15) is 13.2 Å². The Labute approximate surface area is 206 Å². The van der Waals surface area contributed by atoms with E-state index in [0.29, 0.717) is 33.4 Å². The maximum Gasteiger partial charge on any atom is 0.406 e. The molecule has 0 amide bonds. The fourth-order valence-corrected chi connectivity index (χ4v) is 6.09. The molecule has 35 heavy (non-hydrogen) atoms. The largest absolute Gasteiger partial charge is 0.406 e. The number of fused-ring (bicyclic) bond motifs is 1. The molecule has 0 unspecified atom stereocenters. The molecule has 1 saturated carbocycles. The number of para-hydroxylation sites is 1. The van der Waals surface area contributed by atoms with Crippen LogP contribution in [0.3, 0.4) is 0 Å². The summed E-state index contributed by atoms with van der Waals surface area (Å²) >= 11 is 1.18. The van der Waals surface area contributed by atoms with Crippen molar-refractivity contribution in [3.05, 3.63) is 57.6 Å². The Morgan fingerprint density at radius 2 is 1.89 bits per heavy atom. The van der Waals surface area contributed by atoms with Crippen LogP contribution >= 0.6 is 11.8 Å². The van der Waals surface area contributed by atoms with E-state index in [2.05, 4.69) is 13.8 Å². The first-order chi connectivity index (χ1) is 16.5. The summed E-state index contributed by atoms with van der Waals surface area (Å²) in [6, 6.07) is 8.68. The smallest absolute Gasteiger partial charge is 0.339 e. The van der Waals surface area contributed by atoms with Crippen LogP contribution in [-0.4, -0.2) is 31.8 Å². The summed E-state index contributed by atoms with van der Waals surface area (Å²) in [4.78, 5) is 31.4. The van der Waals surface area contributed by atoms with Gasteiger partial charge in [0, 0.05) is 23.0 Å². The van der Waals surface area contributed by atoms with Gasteiger partial charge in [-0.15, -0.1) is 0 Å². The molecule has 5 nitrogen and oxygen atoms in total. The van der Waals surface area contributed by atoms with Crippen molar-refractivity contribution >= 4 is 28.4 Å². The summed E-state index contributed by atoms with van der Waals surface area (Å²) in [6.45, 7) is 6.33. The summed E-state index contributed by atoms with van der Waals surface area (Å²) < 4.78 is 41.8. The van der Waals surface area contributed by atoms with E-state index in [1.54, 1.807) is 23.6 Å². The number of thioether (sulfide) groups is 1. The summed E-state index contributed by atoms with van der Waals surface area (Å²) in [6.07, 6.45) is -1.38. The van der Waals surface area contributed by atoms with E-state index >= 15 is 0 Å². The standard InChI is InChI=1S/C26H30F3N3O2S/c1-15-8-7-11-22(17(15)3)32-24(34)19-9-5-6-10-21(19)30-25(32)35-13-23(33)20-12-16(2)31(18(20)4)14-26(27,28)29/h5-6,9-10,12,15,17,22H,7-8,11,13-14H2,1-4H3/t15-,17+,22-/m1/s1. The number of nitrogens with zero attached hydrogens (tertiary/aromatic N) is 3. The number of aryl methyl sites for hydroxylation is 1. The van der Waals surface area contributed by atoms with Crippen LogP contribution in [0, 0.1) is 25.7 Å². The molecule has 188 valence electrons. The Morgan fingerprint density at radius 1 is 1.17 bits per heavy atom. The van der Waals surface area contributed by atoms with Crippen LogP contribution in [0.15, 0.2) is 40.3 Å². The van der Waals surface area contributed by atoms with E-state index in [-0.39, 0.29) is 34.6 Å². The predicted molar refractivity (Wildman–Crippen MR) is 132 cm³/mol. The molecule has 4 rings (SSSR count). The number of rotatable bonds is 6. The Hall–Kier alpha value is -2.55. The molecule has 3 aromatic rings. The lowest BCUT2D eigenvalue weighted by Gasteiger charge is -2.36. The van der Waals surface area contributed by atoms with Gasteiger partial charge in [-0.1, -0.05) is 50.6 Å². The van der Waals surface area contributed by atoms with Gasteiger partial charge in [0.1, 0.15) is 6.54 Å². The lowest BCUT2D eigenvalue weighted by atomic mass is 9.78. The van der Waals surface area contributed by atoms with Crippen molar-refractivity contribution < 1.29 is 18.0 Å². The van der Waals surface area contributed by atoms with Crippen LogP contribution in [-0.2, 0) is 6.54 Å². The Kier molecular flexibility index (Phi) is 7.18. The first-order valence-corrected chi connectivity index (χ1v) is 12.9. The SMILES string of the molecule is Cc1cc(C(=O)CSc2nc3ccccc3c(=O)n2[C@@H]2CCC[C@@H](C)[C@@H]2C)c(C)n1CC(F)(F)F. The van der Waals surface area contributed by atoms with E-state index in [4.69, 9.17) is 4.98 Å².